The molecule has 94 valence electrons. The van der Waals surface area contributed by atoms with Gasteiger partial charge in [-0.2, -0.15) is 0 Å². The summed E-state index contributed by atoms with van der Waals surface area (Å²) in [6.07, 6.45) is 2.29. The molecule has 4 heteroatoms. The van der Waals surface area contributed by atoms with Gasteiger partial charge in [0.25, 0.3) is 0 Å². The Hall–Kier alpha value is -1.84. The highest BCUT2D eigenvalue weighted by molar-refractivity contribution is 6.21. The predicted molar refractivity (Wildman–Crippen MR) is 69.5 cm³/mol. The number of amides is 2. The number of nitrogens with zero attached hydrogens (tertiary/aromatic N) is 1. The quantitative estimate of drug-likeness (QED) is 0.768. The molecule has 0 bridgehead atoms. The molecule has 3 rings (SSSR count). The molecule has 2 amide bonds. The summed E-state index contributed by atoms with van der Waals surface area (Å²) < 4.78 is 0. The van der Waals surface area contributed by atoms with E-state index >= 15 is 0 Å². The van der Waals surface area contributed by atoms with Crippen molar-refractivity contribution >= 4 is 23.2 Å². The van der Waals surface area contributed by atoms with E-state index in [-0.39, 0.29) is 17.7 Å². The third-order valence-electron chi connectivity index (χ3n) is 3.68. The molecule has 1 unspecified atom stereocenters. The van der Waals surface area contributed by atoms with Crippen LogP contribution >= 0.6 is 0 Å². The number of benzene rings is 1. The van der Waals surface area contributed by atoms with Gasteiger partial charge in [-0.15, -0.1) is 0 Å². The zero-order valence-corrected chi connectivity index (χ0v) is 10.4. The summed E-state index contributed by atoms with van der Waals surface area (Å²) in [6, 6.07) is 5.78. The van der Waals surface area contributed by atoms with E-state index in [1.165, 1.54) is 4.90 Å². The minimum Gasteiger partial charge on any atom is -0.385 e. The summed E-state index contributed by atoms with van der Waals surface area (Å²) in [7, 11) is 0. The molecule has 0 aliphatic carbocycles. The topological polar surface area (TPSA) is 49.4 Å². The Kier molecular flexibility index (Phi) is 2.58. The third kappa shape index (κ3) is 1.60. The lowest BCUT2D eigenvalue weighted by molar-refractivity contribution is -0.122. The maximum atomic E-state index is 12.1. The first-order valence-corrected chi connectivity index (χ1v) is 6.41. The molecule has 0 radical (unpaired) electrons. The van der Waals surface area contributed by atoms with Gasteiger partial charge < -0.3 is 5.32 Å². The number of rotatable bonds is 1. The van der Waals surface area contributed by atoms with Crippen LogP contribution in [0.1, 0.15) is 25.3 Å². The van der Waals surface area contributed by atoms with Gasteiger partial charge in [0.15, 0.2) is 0 Å². The lowest BCUT2D eigenvalue weighted by Crippen LogP contribution is -2.31. The molecule has 0 saturated carbocycles. The Morgan fingerprint density at radius 3 is 2.89 bits per heavy atom. The van der Waals surface area contributed by atoms with Crippen LogP contribution in [0.3, 0.4) is 0 Å². The largest absolute Gasteiger partial charge is 0.385 e. The van der Waals surface area contributed by atoms with E-state index in [2.05, 4.69) is 5.32 Å². The summed E-state index contributed by atoms with van der Waals surface area (Å²) >= 11 is 0. The molecule has 4 nitrogen and oxygen atoms in total. The number of hydrogen-bond acceptors (Lipinski definition) is 3. The van der Waals surface area contributed by atoms with Gasteiger partial charge in [0.05, 0.1) is 5.69 Å². The monoisotopic (exact) mass is 244 g/mol. The Balaban J connectivity index is 2.07. The molecule has 1 fully saturated rings. The van der Waals surface area contributed by atoms with Crippen molar-refractivity contribution in [1.29, 1.82) is 0 Å². The number of anilines is 2. The van der Waals surface area contributed by atoms with Gasteiger partial charge in [-0.3, -0.25) is 9.59 Å². The zero-order chi connectivity index (χ0) is 12.7. The molecule has 2 aliphatic rings. The van der Waals surface area contributed by atoms with Crippen LogP contribution in [-0.2, 0) is 16.0 Å². The average molecular weight is 244 g/mol. The predicted octanol–water partition coefficient (Wildman–Crippen LogP) is 1.94. The van der Waals surface area contributed by atoms with Crippen LogP contribution in [0.4, 0.5) is 11.4 Å². The maximum Gasteiger partial charge on any atom is 0.237 e. The highest BCUT2D eigenvalue weighted by Crippen LogP contribution is 2.35. The summed E-state index contributed by atoms with van der Waals surface area (Å²) in [4.78, 5) is 25.4. The SMILES string of the molecule is CC1CC(=O)N(c2cccc3c2CCCN3)C1=O. The minimum atomic E-state index is -0.190. The number of carbonyl (C=O) groups is 2. The van der Waals surface area contributed by atoms with Crippen LogP contribution in [0, 0.1) is 5.92 Å². The van der Waals surface area contributed by atoms with Gasteiger partial charge in [-0.05, 0) is 30.5 Å². The van der Waals surface area contributed by atoms with Crippen molar-refractivity contribution < 1.29 is 9.59 Å². The summed E-state index contributed by atoms with van der Waals surface area (Å²) in [6.45, 7) is 2.77. The highest BCUT2D eigenvalue weighted by atomic mass is 16.2. The van der Waals surface area contributed by atoms with Crippen molar-refractivity contribution in [3.63, 3.8) is 0 Å². The van der Waals surface area contributed by atoms with E-state index < -0.39 is 0 Å². The molecule has 2 heterocycles. The first-order valence-electron chi connectivity index (χ1n) is 6.41. The normalized spacial score (nSPS) is 22.9. The van der Waals surface area contributed by atoms with Gasteiger partial charge >= 0.3 is 0 Å². The standard InChI is InChI=1S/C14H16N2O2/c1-9-8-13(17)16(14(9)18)12-6-2-5-11-10(12)4-3-7-15-11/h2,5-6,9,15H,3-4,7-8H2,1H3. The van der Waals surface area contributed by atoms with Gasteiger partial charge in [0.2, 0.25) is 11.8 Å². The van der Waals surface area contributed by atoms with Gasteiger partial charge in [0, 0.05) is 24.6 Å². The fraction of sp³-hybridized carbons (Fsp3) is 0.429. The van der Waals surface area contributed by atoms with Crippen molar-refractivity contribution in [3.8, 4) is 0 Å². The first-order chi connectivity index (χ1) is 8.68. The average Bonchev–Trinajstić information content (AvgIpc) is 2.63. The number of fused-ring (bicyclic) bond motifs is 1. The number of nitrogens with one attached hydrogen (secondary N) is 1. The molecule has 1 aromatic rings. The molecule has 1 aromatic carbocycles. The zero-order valence-electron chi connectivity index (χ0n) is 10.4. The number of carbonyl (C=O) groups excluding carboxylic acids is 2. The summed E-state index contributed by atoms with van der Waals surface area (Å²) in [5, 5.41) is 3.32. The second-order valence-electron chi connectivity index (χ2n) is 5.01. The van der Waals surface area contributed by atoms with Crippen LogP contribution in [-0.4, -0.2) is 18.4 Å². The van der Waals surface area contributed by atoms with E-state index in [0.717, 1.165) is 36.3 Å². The van der Waals surface area contributed by atoms with Gasteiger partial charge in [-0.25, -0.2) is 4.90 Å². The summed E-state index contributed by atoms with van der Waals surface area (Å²) in [5.41, 5.74) is 2.93. The van der Waals surface area contributed by atoms with Crippen molar-refractivity contribution in [2.75, 3.05) is 16.8 Å². The second kappa shape index (κ2) is 4.12. The van der Waals surface area contributed by atoms with Crippen LogP contribution in [0.5, 0.6) is 0 Å². The van der Waals surface area contributed by atoms with Crippen molar-refractivity contribution in [1.82, 2.24) is 0 Å². The number of imide groups is 1. The molecule has 1 saturated heterocycles. The lowest BCUT2D eigenvalue weighted by atomic mass is 10.0. The van der Waals surface area contributed by atoms with Crippen LogP contribution in [0.25, 0.3) is 0 Å². The van der Waals surface area contributed by atoms with E-state index in [1.54, 1.807) is 0 Å². The van der Waals surface area contributed by atoms with E-state index in [4.69, 9.17) is 0 Å². The van der Waals surface area contributed by atoms with Crippen LogP contribution < -0.4 is 10.2 Å². The third-order valence-corrected chi connectivity index (χ3v) is 3.68. The first kappa shape index (κ1) is 11.3. The second-order valence-corrected chi connectivity index (χ2v) is 5.01. The summed E-state index contributed by atoms with van der Waals surface area (Å²) in [5.74, 6) is -0.338. The fourth-order valence-corrected chi connectivity index (χ4v) is 2.74. The van der Waals surface area contributed by atoms with Crippen molar-refractivity contribution in [2.45, 2.75) is 26.2 Å². The molecule has 1 atom stereocenters. The smallest absolute Gasteiger partial charge is 0.237 e. The van der Waals surface area contributed by atoms with E-state index in [9.17, 15) is 9.59 Å². The molecule has 0 aromatic heterocycles. The fourth-order valence-electron chi connectivity index (χ4n) is 2.74. The van der Waals surface area contributed by atoms with E-state index in [0.29, 0.717) is 6.42 Å². The molecular formula is C14H16N2O2. The van der Waals surface area contributed by atoms with Gasteiger partial charge in [-0.1, -0.05) is 13.0 Å². The Bertz CT molecular complexity index is 525. The molecular weight excluding hydrogens is 228 g/mol. The Morgan fingerprint density at radius 2 is 2.17 bits per heavy atom. The Labute approximate surface area is 106 Å². The van der Waals surface area contributed by atoms with Crippen molar-refractivity contribution in [3.05, 3.63) is 23.8 Å². The highest BCUT2D eigenvalue weighted by Gasteiger charge is 2.38. The van der Waals surface area contributed by atoms with Crippen molar-refractivity contribution in [2.24, 2.45) is 5.92 Å². The van der Waals surface area contributed by atoms with Gasteiger partial charge in [0.1, 0.15) is 0 Å². The molecule has 1 N–H and O–H groups in total. The molecule has 18 heavy (non-hydrogen) atoms. The molecule has 0 spiro atoms. The van der Waals surface area contributed by atoms with E-state index in [1.807, 2.05) is 25.1 Å². The number of hydrogen-bond donors (Lipinski definition) is 1. The minimum absolute atomic E-state index is 0.0704. The Morgan fingerprint density at radius 1 is 1.33 bits per heavy atom. The lowest BCUT2D eigenvalue weighted by Gasteiger charge is -2.24. The van der Waals surface area contributed by atoms with Crippen LogP contribution in [0.2, 0.25) is 0 Å². The maximum absolute atomic E-state index is 12.1. The van der Waals surface area contributed by atoms with Crippen LogP contribution in [0.15, 0.2) is 18.2 Å². The molecule has 2 aliphatic heterocycles.